The number of hydrogen-bond acceptors (Lipinski definition) is 2. The zero-order valence-electron chi connectivity index (χ0n) is 19.2. The van der Waals surface area contributed by atoms with E-state index in [0.29, 0.717) is 13.1 Å². The van der Waals surface area contributed by atoms with Gasteiger partial charge in [0.25, 0.3) is 0 Å². The first-order valence-electron chi connectivity index (χ1n) is 11.1. The Labute approximate surface area is 181 Å². The Kier molecular flexibility index (Phi) is 9.15. The van der Waals surface area contributed by atoms with Crippen LogP contribution in [0.2, 0.25) is 0 Å². The molecule has 2 aromatic rings. The van der Waals surface area contributed by atoms with Crippen molar-refractivity contribution in [2.24, 2.45) is 0 Å². The van der Waals surface area contributed by atoms with Crippen LogP contribution in [0.1, 0.15) is 63.8 Å². The first-order valence-corrected chi connectivity index (χ1v) is 11.1. The molecule has 30 heavy (non-hydrogen) atoms. The summed E-state index contributed by atoms with van der Waals surface area (Å²) in [5, 5.41) is 0. The van der Waals surface area contributed by atoms with Crippen LogP contribution in [-0.4, -0.2) is 45.3 Å². The van der Waals surface area contributed by atoms with E-state index < -0.39 is 0 Å². The molecule has 5 heteroatoms. The maximum atomic E-state index is 13.2. The Morgan fingerprint density at radius 2 is 1.83 bits per heavy atom. The lowest BCUT2D eigenvalue weighted by atomic mass is 10.1. The topological polar surface area (TPSA) is 45.6 Å². The van der Waals surface area contributed by atoms with E-state index in [2.05, 4.69) is 68.8 Å². The third kappa shape index (κ3) is 6.48. The average Bonchev–Trinajstić information content (AvgIpc) is 3.16. The highest BCUT2D eigenvalue weighted by Crippen LogP contribution is 2.16. The molecule has 1 aromatic heterocycles. The molecule has 1 aromatic carbocycles. The number of rotatable bonds is 11. The SMILES string of the molecule is CCCCN(CC(=O)N(Cc1cccn1Cc1ccccc1C)[C@H](C)CC)C(C)=O. The van der Waals surface area contributed by atoms with Gasteiger partial charge in [-0.1, -0.05) is 44.5 Å². The summed E-state index contributed by atoms with van der Waals surface area (Å²) < 4.78 is 2.21. The summed E-state index contributed by atoms with van der Waals surface area (Å²) in [6.07, 6.45) is 4.86. The first-order chi connectivity index (χ1) is 14.4. The van der Waals surface area contributed by atoms with Gasteiger partial charge in [-0.25, -0.2) is 0 Å². The number of amides is 2. The lowest BCUT2D eigenvalue weighted by Gasteiger charge is -2.31. The predicted molar refractivity (Wildman–Crippen MR) is 122 cm³/mol. The molecule has 5 nitrogen and oxygen atoms in total. The van der Waals surface area contributed by atoms with Gasteiger partial charge in [0.15, 0.2) is 0 Å². The molecule has 0 saturated heterocycles. The fourth-order valence-corrected chi connectivity index (χ4v) is 3.55. The van der Waals surface area contributed by atoms with Crippen molar-refractivity contribution >= 4 is 11.8 Å². The van der Waals surface area contributed by atoms with Crippen molar-refractivity contribution < 1.29 is 9.59 Å². The number of aryl methyl sites for hydroxylation is 1. The molecule has 0 unspecified atom stereocenters. The van der Waals surface area contributed by atoms with E-state index in [9.17, 15) is 9.59 Å². The Bertz CT molecular complexity index is 827. The van der Waals surface area contributed by atoms with Crippen LogP contribution in [0.3, 0.4) is 0 Å². The van der Waals surface area contributed by atoms with Crippen molar-refractivity contribution in [1.82, 2.24) is 14.4 Å². The second-order valence-corrected chi connectivity index (χ2v) is 8.13. The highest BCUT2D eigenvalue weighted by Gasteiger charge is 2.23. The van der Waals surface area contributed by atoms with E-state index in [1.54, 1.807) is 11.8 Å². The third-order valence-electron chi connectivity index (χ3n) is 5.85. The number of carbonyl (C=O) groups excluding carboxylic acids is 2. The maximum absolute atomic E-state index is 13.2. The molecule has 0 aliphatic carbocycles. The van der Waals surface area contributed by atoms with E-state index in [-0.39, 0.29) is 24.4 Å². The molecule has 0 N–H and O–H groups in total. The molecule has 0 spiro atoms. The molecule has 1 atom stereocenters. The fourth-order valence-electron chi connectivity index (χ4n) is 3.55. The zero-order valence-corrected chi connectivity index (χ0v) is 19.2. The van der Waals surface area contributed by atoms with Crippen molar-refractivity contribution in [1.29, 1.82) is 0 Å². The molecule has 1 heterocycles. The van der Waals surface area contributed by atoms with Gasteiger partial charge in [-0.2, -0.15) is 0 Å². The third-order valence-corrected chi connectivity index (χ3v) is 5.85. The summed E-state index contributed by atoms with van der Waals surface area (Å²) in [4.78, 5) is 28.8. The van der Waals surface area contributed by atoms with Gasteiger partial charge in [-0.05, 0) is 49.9 Å². The summed E-state index contributed by atoms with van der Waals surface area (Å²) in [6, 6.07) is 12.6. The average molecular weight is 412 g/mol. The van der Waals surface area contributed by atoms with E-state index in [0.717, 1.165) is 31.5 Å². The minimum Gasteiger partial charge on any atom is -0.345 e. The van der Waals surface area contributed by atoms with Crippen molar-refractivity contribution in [2.75, 3.05) is 13.1 Å². The van der Waals surface area contributed by atoms with Crippen LogP contribution >= 0.6 is 0 Å². The van der Waals surface area contributed by atoms with Gasteiger partial charge in [-0.3, -0.25) is 9.59 Å². The van der Waals surface area contributed by atoms with Crippen molar-refractivity contribution in [2.45, 2.75) is 73.0 Å². The lowest BCUT2D eigenvalue weighted by Crippen LogP contribution is -2.45. The number of carbonyl (C=O) groups is 2. The summed E-state index contributed by atoms with van der Waals surface area (Å²) in [5.41, 5.74) is 3.65. The predicted octanol–water partition coefficient (Wildman–Crippen LogP) is 4.62. The van der Waals surface area contributed by atoms with E-state index in [1.165, 1.54) is 11.1 Å². The highest BCUT2D eigenvalue weighted by atomic mass is 16.2. The van der Waals surface area contributed by atoms with Gasteiger partial charge in [0.1, 0.15) is 0 Å². The smallest absolute Gasteiger partial charge is 0.242 e. The van der Waals surface area contributed by atoms with Crippen molar-refractivity contribution in [3.05, 3.63) is 59.4 Å². The quantitative estimate of drug-likeness (QED) is 0.542. The van der Waals surface area contributed by atoms with Gasteiger partial charge in [0, 0.05) is 37.9 Å². The molecule has 0 saturated carbocycles. The molecule has 2 rings (SSSR count). The molecule has 164 valence electrons. The van der Waals surface area contributed by atoms with Crippen LogP contribution in [0.15, 0.2) is 42.6 Å². The van der Waals surface area contributed by atoms with Gasteiger partial charge in [-0.15, -0.1) is 0 Å². The van der Waals surface area contributed by atoms with Crippen molar-refractivity contribution in [3.63, 3.8) is 0 Å². The van der Waals surface area contributed by atoms with Gasteiger partial charge in [0.2, 0.25) is 11.8 Å². The molecule has 0 aliphatic heterocycles. The Morgan fingerprint density at radius 3 is 2.47 bits per heavy atom. The highest BCUT2D eigenvalue weighted by molar-refractivity contribution is 5.84. The van der Waals surface area contributed by atoms with Crippen LogP contribution in [0.5, 0.6) is 0 Å². The van der Waals surface area contributed by atoms with E-state index in [4.69, 9.17) is 0 Å². The van der Waals surface area contributed by atoms with Gasteiger partial charge >= 0.3 is 0 Å². The normalized spacial score (nSPS) is 11.9. The number of nitrogens with zero attached hydrogens (tertiary/aromatic N) is 3. The molecule has 0 aliphatic rings. The van der Waals surface area contributed by atoms with Crippen LogP contribution in [0.4, 0.5) is 0 Å². The number of benzene rings is 1. The summed E-state index contributed by atoms with van der Waals surface area (Å²) in [5.74, 6) is -0.0249. The zero-order chi connectivity index (χ0) is 22.1. The minimum absolute atomic E-state index is 0.0132. The van der Waals surface area contributed by atoms with Gasteiger partial charge in [0.05, 0.1) is 13.1 Å². The number of unbranched alkanes of at least 4 members (excludes halogenated alkanes) is 1. The molecule has 0 radical (unpaired) electrons. The second kappa shape index (κ2) is 11.6. The molecule has 0 bridgehead atoms. The van der Waals surface area contributed by atoms with E-state index >= 15 is 0 Å². The fraction of sp³-hybridized carbons (Fsp3) is 0.520. The summed E-state index contributed by atoms with van der Waals surface area (Å²) in [7, 11) is 0. The largest absolute Gasteiger partial charge is 0.345 e. The Morgan fingerprint density at radius 1 is 1.10 bits per heavy atom. The molecular weight excluding hydrogens is 374 g/mol. The number of hydrogen-bond donors (Lipinski definition) is 0. The molecule has 0 fully saturated rings. The monoisotopic (exact) mass is 411 g/mol. The molecular formula is C25H37N3O2. The second-order valence-electron chi connectivity index (χ2n) is 8.13. The van der Waals surface area contributed by atoms with Crippen molar-refractivity contribution in [3.8, 4) is 0 Å². The standard InChI is InChI=1S/C25H37N3O2/c1-6-8-15-26(22(5)29)19-25(30)28(21(4)7-2)18-24-14-11-16-27(24)17-23-13-10-9-12-20(23)3/h9-14,16,21H,6-8,15,17-19H2,1-5H3/t21-/m1/s1. The van der Waals surface area contributed by atoms with Crippen LogP contribution < -0.4 is 0 Å². The van der Waals surface area contributed by atoms with E-state index in [1.807, 2.05) is 11.0 Å². The van der Waals surface area contributed by atoms with Gasteiger partial charge < -0.3 is 14.4 Å². The molecule has 2 amide bonds. The van der Waals surface area contributed by atoms with Crippen LogP contribution in [0, 0.1) is 6.92 Å². The minimum atomic E-state index is -0.0381. The van der Waals surface area contributed by atoms with Crippen LogP contribution in [0.25, 0.3) is 0 Å². The van der Waals surface area contributed by atoms with Crippen LogP contribution in [-0.2, 0) is 22.7 Å². The Hall–Kier alpha value is -2.56. The lowest BCUT2D eigenvalue weighted by molar-refractivity contribution is -0.141. The summed E-state index contributed by atoms with van der Waals surface area (Å²) >= 11 is 0. The maximum Gasteiger partial charge on any atom is 0.242 e. The Balaban J connectivity index is 2.17. The number of aromatic nitrogens is 1. The summed E-state index contributed by atoms with van der Waals surface area (Å²) in [6.45, 7) is 12.1. The first kappa shape index (κ1) is 23.7.